The molecule has 2 N–H and O–H groups in total. The second kappa shape index (κ2) is 6.64. The summed E-state index contributed by atoms with van der Waals surface area (Å²) in [6.07, 6.45) is 2.62. The van der Waals surface area contributed by atoms with E-state index in [0.717, 1.165) is 36.2 Å². The highest BCUT2D eigenvalue weighted by molar-refractivity contribution is 5.85. The topological polar surface area (TPSA) is 55.1 Å². The molecule has 2 bridgehead atoms. The average molecular weight is 413 g/mol. The molecule has 6 rings (SSSR count). The molecule has 2 aromatic carbocycles. The molecule has 4 heterocycles. The number of hydrogen-bond acceptors (Lipinski definition) is 2. The fraction of sp³-hybridized carbons (Fsp3) is 0.346. The Kier molecular flexibility index (Phi) is 3.98. The van der Waals surface area contributed by atoms with Gasteiger partial charge in [-0.15, -0.1) is 0 Å². The number of nitrogens with zero attached hydrogens (tertiary/aromatic N) is 2. The van der Waals surface area contributed by atoms with Crippen molar-refractivity contribution in [3.63, 3.8) is 0 Å². The molecule has 2 aliphatic rings. The van der Waals surface area contributed by atoms with Gasteiger partial charge in [0, 0.05) is 41.1 Å². The van der Waals surface area contributed by atoms with E-state index in [1.165, 1.54) is 16.5 Å². The summed E-state index contributed by atoms with van der Waals surface area (Å²) in [5.41, 5.74) is 3.22. The lowest BCUT2D eigenvalue weighted by molar-refractivity contribution is -0.139. The molecule has 4 aromatic rings. The minimum absolute atomic E-state index is 0.0576. The van der Waals surface area contributed by atoms with Crippen molar-refractivity contribution in [2.24, 2.45) is 0 Å². The summed E-state index contributed by atoms with van der Waals surface area (Å²) in [5, 5.41) is 2.43. The Morgan fingerprint density at radius 3 is 2.39 bits per heavy atom. The minimum Gasteiger partial charge on any atom is -0.357 e. The molecule has 158 valence electrons. The molecule has 0 radical (unpaired) electrons. The van der Waals surface area contributed by atoms with Gasteiger partial charge in [0.15, 0.2) is 0 Å². The van der Waals surface area contributed by atoms with Crippen molar-refractivity contribution in [3.8, 4) is 0 Å². The number of aromatic nitrogens is 2. The third-order valence-electron chi connectivity index (χ3n) is 7.45. The van der Waals surface area contributed by atoms with Gasteiger partial charge >= 0.3 is 0 Å². The number of para-hydroxylation sites is 2. The van der Waals surface area contributed by atoms with Gasteiger partial charge in [-0.05, 0) is 49.4 Å². The van der Waals surface area contributed by atoms with Crippen LogP contribution >= 0.6 is 0 Å². The largest absolute Gasteiger partial charge is 0.357 e. The number of anilines is 1. The van der Waals surface area contributed by atoms with Crippen LogP contribution in [0, 0.1) is 0 Å². The molecular weight excluding hydrogens is 384 g/mol. The fourth-order valence-electron chi connectivity index (χ4n) is 6.09. The first-order chi connectivity index (χ1) is 15.1. The Morgan fingerprint density at radius 1 is 1.03 bits per heavy atom. The van der Waals surface area contributed by atoms with E-state index in [1.54, 1.807) is 0 Å². The molecule has 2 saturated heterocycles. The average Bonchev–Trinajstić information content (AvgIpc) is 3.46. The summed E-state index contributed by atoms with van der Waals surface area (Å²) in [6.45, 7) is 5.10. The summed E-state index contributed by atoms with van der Waals surface area (Å²) in [5.74, 6) is 1.40. The number of carbonyl (C=O) groups excluding carboxylic acids is 1. The minimum atomic E-state index is -0.256. The molecule has 3 unspecified atom stereocenters. The van der Waals surface area contributed by atoms with Gasteiger partial charge in [-0.1, -0.05) is 43.3 Å². The SMILES string of the molecule is CCC(=O)N1C2CCC1(C)C(c1cc3ccccc3[nH]1)N(c1cc3ccccc3[nH]1)C2. The maximum Gasteiger partial charge on any atom is 0.223 e. The highest BCUT2D eigenvalue weighted by atomic mass is 16.2. The molecule has 0 spiro atoms. The summed E-state index contributed by atoms with van der Waals surface area (Å²) in [4.78, 5) is 25.1. The van der Waals surface area contributed by atoms with Gasteiger partial charge in [0.2, 0.25) is 5.91 Å². The van der Waals surface area contributed by atoms with Crippen molar-refractivity contribution in [3.05, 3.63) is 66.4 Å². The Bertz CT molecular complexity index is 1220. The normalized spacial score (nSPS) is 25.6. The first-order valence-corrected chi connectivity index (χ1v) is 11.3. The summed E-state index contributed by atoms with van der Waals surface area (Å²) in [6, 6.07) is 21.7. The molecule has 1 amide bonds. The number of H-pyrrole nitrogens is 2. The van der Waals surface area contributed by atoms with Crippen LogP contribution in [0.2, 0.25) is 0 Å². The molecular formula is C26H28N4O. The Morgan fingerprint density at radius 2 is 1.71 bits per heavy atom. The highest BCUT2D eigenvalue weighted by Gasteiger charge is 2.57. The number of nitrogens with one attached hydrogen (secondary N) is 2. The number of fused-ring (bicyclic) bond motifs is 4. The molecule has 2 aromatic heterocycles. The Hall–Kier alpha value is -3.21. The van der Waals surface area contributed by atoms with Crippen LogP contribution in [0.3, 0.4) is 0 Å². The van der Waals surface area contributed by atoms with Crippen LogP contribution < -0.4 is 4.90 Å². The predicted molar refractivity (Wildman–Crippen MR) is 125 cm³/mol. The van der Waals surface area contributed by atoms with E-state index in [9.17, 15) is 4.79 Å². The van der Waals surface area contributed by atoms with Gasteiger partial charge in [-0.2, -0.15) is 0 Å². The van der Waals surface area contributed by atoms with Crippen LogP contribution in [0.25, 0.3) is 21.8 Å². The van der Waals surface area contributed by atoms with Crippen LogP contribution in [0.4, 0.5) is 5.82 Å². The molecule has 31 heavy (non-hydrogen) atoms. The number of aromatic amines is 2. The summed E-state index contributed by atoms with van der Waals surface area (Å²) < 4.78 is 0. The van der Waals surface area contributed by atoms with Crippen LogP contribution in [0.15, 0.2) is 60.7 Å². The van der Waals surface area contributed by atoms with E-state index < -0.39 is 0 Å². The lowest BCUT2D eigenvalue weighted by Gasteiger charge is -2.53. The molecule has 2 aliphatic heterocycles. The summed E-state index contributed by atoms with van der Waals surface area (Å²) in [7, 11) is 0. The van der Waals surface area contributed by atoms with Gasteiger partial charge in [0.1, 0.15) is 5.82 Å². The van der Waals surface area contributed by atoms with E-state index >= 15 is 0 Å². The molecule has 0 aliphatic carbocycles. The standard InChI is InChI=1S/C26H28N4O/c1-3-24(31)30-19-12-13-26(30,2)25(22-14-17-8-4-6-10-20(17)27-22)29(16-19)23-15-18-9-5-7-11-21(18)28-23/h4-11,14-15,19,25,27-28H,3,12-13,16H2,1-2H3. The number of rotatable bonds is 3. The Balaban J connectivity index is 1.53. The smallest absolute Gasteiger partial charge is 0.223 e. The van der Waals surface area contributed by atoms with Crippen molar-refractivity contribution in [2.45, 2.75) is 50.7 Å². The second-order valence-electron chi connectivity index (χ2n) is 9.28. The van der Waals surface area contributed by atoms with Crippen LogP contribution in [-0.2, 0) is 4.79 Å². The van der Waals surface area contributed by atoms with E-state index in [1.807, 2.05) is 6.92 Å². The maximum atomic E-state index is 13.1. The monoisotopic (exact) mass is 412 g/mol. The first-order valence-electron chi connectivity index (χ1n) is 11.3. The first kappa shape index (κ1) is 18.6. The van der Waals surface area contributed by atoms with Crippen molar-refractivity contribution < 1.29 is 4.79 Å². The third-order valence-corrected chi connectivity index (χ3v) is 7.45. The zero-order valence-corrected chi connectivity index (χ0v) is 18.1. The molecule has 2 fully saturated rings. The van der Waals surface area contributed by atoms with Crippen molar-refractivity contribution in [1.29, 1.82) is 0 Å². The zero-order valence-electron chi connectivity index (χ0n) is 18.1. The van der Waals surface area contributed by atoms with Crippen LogP contribution in [-0.4, -0.2) is 38.9 Å². The van der Waals surface area contributed by atoms with Crippen LogP contribution in [0.1, 0.15) is 44.8 Å². The number of piperazine rings is 1. The lowest BCUT2D eigenvalue weighted by atomic mass is 9.84. The van der Waals surface area contributed by atoms with E-state index in [4.69, 9.17) is 0 Å². The maximum absolute atomic E-state index is 13.1. The van der Waals surface area contributed by atoms with Gasteiger partial charge in [0.05, 0.1) is 11.6 Å². The van der Waals surface area contributed by atoms with E-state index in [-0.39, 0.29) is 23.5 Å². The van der Waals surface area contributed by atoms with E-state index in [0.29, 0.717) is 6.42 Å². The fourth-order valence-corrected chi connectivity index (χ4v) is 6.09. The van der Waals surface area contributed by atoms with Crippen LogP contribution in [0.5, 0.6) is 0 Å². The number of carbonyl (C=O) groups is 1. The Labute approximate surface area is 182 Å². The lowest BCUT2D eigenvalue weighted by Crippen LogP contribution is -2.63. The summed E-state index contributed by atoms with van der Waals surface area (Å²) >= 11 is 0. The molecule has 3 atom stereocenters. The predicted octanol–water partition coefficient (Wildman–Crippen LogP) is 5.37. The van der Waals surface area contributed by atoms with Crippen molar-refractivity contribution >= 4 is 33.5 Å². The van der Waals surface area contributed by atoms with E-state index in [2.05, 4.69) is 87.4 Å². The quantitative estimate of drug-likeness (QED) is 0.475. The number of hydrogen-bond donors (Lipinski definition) is 2. The highest BCUT2D eigenvalue weighted by Crippen LogP contribution is 2.51. The zero-order chi connectivity index (χ0) is 21.2. The molecule has 5 heteroatoms. The van der Waals surface area contributed by atoms with Gasteiger partial charge < -0.3 is 19.8 Å². The van der Waals surface area contributed by atoms with Gasteiger partial charge in [0.25, 0.3) is 0 Å². The van der Waals surface area contributed by atoms with Gasteiger partial charge in [-0.25, -0.2) is 0 Å². The number of amides is 1. The molecule has 5 nitrogen and oxygen atoms in total. The van der Waals surface area contributed by atoms with Crippen molar-refractivity contribution in [1.82, 2.24) is 14.9 Å². The second-order valence-corrected chi connectivity index (χ2v) is 9.28. The van der Waals surface area contributed by atoms with Gasteiger partial charge in [-0.3, -0.25) is 4.79 Å². The van der Waals surface area contributed by atoms with Crippen molar-refractivity contribution in [2.75, 3.05) is 11.4 Å². The number of benzene rings is 2. The third kappa shape index (κ3) is 2.65. The molecule has 0 saturated carbocycles.